The first kappa shape index (κ1) is 12.1. The van der Waals surface area contributed by atoms with Crippen molar-refractivity contribution in [1.29, 1.82) is 0 Å². The van der Waals surface area contributed by atoms with Crippen LogP contribution in [0.15, 0.2) is 21.6 Å². The third-order valence-corrected chi connectivity index (χ3v) is 2.20. The highest BCUT2D eigenvalue weighted by Crippen LogP contribution is 2.26. The Kier molecular flexibility index (Phi) is 4.20. The highest BCUT2D eigenvalue weighted by atomic mass is 79.9. The monoisotopic (exact) mass is 276 g/mol. The fraction of sp³-hybridized carbons (Fsp3) is 0.300. The van der Waals surface area contributed by atoms with Gasteiger partial charge in [-0.25, -0.2) is 13.8 Å². The fourth-order valence-corrected chi connectivity index (χ4v) is 1.50. The number of rotatable bonds is 3. The first-order valence-electron chi connectivity index (χ1n) is 4.52. The van der Waals surface area contributed by atoms with Crippen molar-refractivity contribution in [2.75, 3.05) is 0 Å². The molecule has 2 N–H and O–H groups in total. The van der Waals surface area contributed by atoms with Crippen LogP contribution in [0, 0.1) is 11.6 Å². The molecule has 0 aliphatic heterocycles. The molecule has 0 fully saturated rings. The summed E-state index contributed by atoms with van der Waals surface area (Å²) >= 11 is 2.98. The number of hydrogen-bond donors (Lipinski definition) is 1. The van der Waals surface area contributed by atoms with Crippen LogP contribution in [-0.4, -0.2) is 5.84 Å². The van der Waals surface area contributed by atoms with Crippen LogP contribution >= 0.6 is 15.9 Å². The van der Waals surface area contributed by atoms with Gasteiger partial charge in [0.2, 0.25) is 0 Å². The quantitative estimate of drug-likeness (QED) is 0.666. The molecule has 1 aromatic carbocycles. The Morgan fingerprint density at radius 3 is 2.40 bits per heavy atom. The lowest BCUT2D eigenvalue weighted by atomic mass is 10.3. The molecule has 82 valence electrons. The summed E-state index contributed by atoms with van der Waals surface area (Å²) in [5.74, 6) is -1.21. The minimum Gasteiger partial charge on any atom is -0.387 e. The number of nitrogens with two attached hydrogens (primary N) is 1. The molecule has 0 radical (unpaired) electrons. The molecule has 0 saturated heterocycles. The summed E-state index contributed by atoms with van der Waals surface area (Å²) in [5, 5.41) is 0. The first-order chi connectivity index (χ1) is 7.04. The van der Waals surface area contributed by atoms with Crippen molar-refractivity contribution in [3.8, 4) is 0 Å². The second-order valence-electron chi connectivity index (χ2n) is 3.07. The average Bonchev–Trinajstić information content (AvgIpc) is 2.11. The molecule has 1 rings (SSSR count). The summed E-state index contributed by atoms with van der Waals surface area (Å²) in [6.45, 7) is 1.91. The molecule has 0 amide bonds. The van der Waals surface area contributed by atoms with Crippen molar-refractivity contribution in [1.82, 2.24) is 0 Å². The average molecular weight is 277 g/mol. The SMILES string of the molecule is CCCC(N)=Nc1c(F)cc(Br)cc1F. The van der Waals surface area contributed by atoms with Crippen molar-refractivity contribution < 1.29 is 8.78 Å². The molecule has 15 heavy (non-hydrogen) atoms. The fourth-order valence-electron chi connectivity index (χ4n) is 1.10. The number of aliphatic imine (C=N–C) groups is 1. The molecule has 0 aromatic heterocycles. The summed E-state index contributed by atoms with van der Waals surface area (Å²) in [6, 6.07) is 2.31. The van der Waals surface area contributed by atoms with Crippen molar-refractivity contribution in [3.05, 3.63) is 28.2 Å². The maximum absolute atomic E-state index is 13.3. The summed E-state index contributed by atoms with van der Waals surface area (Å²) < 4.78 is 26.9. The maximum atomic E-state index is 13.3. The maximum Gasteiger partial charge on any atom is 0.153 e. The van der Waals surface area contributed by atoms with Gasteiger partial charge in [-0.05, 0) is 18.6 Å². The number of halogens is 3. The van der Waals surface area contributed by atoms with Crippen molar-refractivity contribution >= 4 is 27.5 Å². The van der Waals surface area contributed by atoms with Crippen molar-refractivity contribution in [3.63, 3.8) is 0 Å². The lowest BCUT2D eigenvalue weighted by Crippen LogP contribution is -2.10. The predicted molar refractivity (Wildman–Crippen MR) is 60.2 cm³/mol. The van der Waals surface area contributed by atoms with Gasteiger partial charge in [0.15, 0.2) is 11.6 Å². The van der Waals surface area contributed by atoms with E-state index in [1.54, 1.807) is 0 Å². The lowest BCUT2D eigenvalue weighted by Gasteiger charge is -2.02. The Bertz CT molecular complexity index is 368. The van der Waals surface area contributed by atoms with Crippen LogP contribution < -0.4 is 5.73 Å². The summed E-state index contributed by atoms with van der Waals surface area (Å²) in [5.41, 5.74) is 5.17. The molecule has 5 heteroatoms. The summed E-state index contributed by atoms with van der Waals surface area (Å²) in [6.07, 6.45) is 1.31. The molecule has 0 saturated carbocycles. The van der Waals surface area contributed by atoms with E-state index in [0.29, 0.717) is 10.9 Å². The zero-order valence-electron chi connectivity index (χ0n) is 8.23. The van der Waals surface area contributed by atoms with Gasteiger partial charge in [-0.15, -0.1) is 0 Å². The Labute approximate surface area is 95.3 Å². The van der Waals surface area contributed by atoms with Gasteiger partial charge in [0.25, 0.3) is 0 Å². The molecule has 0 bridgehead atoms. The third kappa shape index (κ3) is 3.27. The zero-order chi connectivity index (χ0) is 11.4. The van der Waals surface area contributed by atoms with Gasteiger partial charge in [-0.2, -0.15) is 0 Å². The molecule has 0 aliphatic rings. The smallest absolute Gasteiger partial charge is 0.153 e. The second-order valence-corrected chi connectivity index (χ2v) is 3.99. The lowest BCUT2D eigenvalue weighted by molar-refractivity contribution is 0.586. The van der Waals surface area contributed by atoms with E-state index in [0.717, 1.165) is 18.6 Å². The number of amidine groups is 1. The molecule has 0 heterocycles. The highest BCUT2D eigenvalue weighted by Gasteiger charge is 2.09. The van der Waals surface area contributed by atoms with E-state index in [1.165, 1.54) is 0 Å². The van der Waals surface area contributed by atoms with Crippen LogP contribution in [0.1, 0.15) is 19.8 Å². The van der Waals surface area contributed by atoms with Crippen LogP contribution in [0.3, 0.4) is 0 Å². The van der Waals surface area contributed by atoms with Crippen LogP contribution in [0.5, 0.6) is 0 Å². The van der Waals surface area contributed by atoms with Gasteiger partial charge in [0, 0.05) is 10.9 Å². The van der Waals surface area contributed by atoms with Gasteiger partial charge in [0.05, 0.1) is 5.84 Å². The minimum absolute atomic E-state index is 0.234. The Balaban J connectivity index is 3.09. The van der Waals surface area contributed by atoms with Gasteiger partial charge in [0.1, 0.15) is 5.69 Å². The van der Waals surface area contributed by atoms with Crippen molar-refractivity contribution in [2.24, 2.45) is 10.7 Å². The molecule has 1 aromatic rings. The first-order valence-corrected chi connectivity index (χ1v) is 5.31. The number of nitrogens with zero attached hydrogens (tertiary/aromatic N) is 1. The van der Waals surface area contributed by atoms with E-state index in [9.17, 15) is 8.78 Å². The third-order valence-electron chi connectivity index (χ3n) is 1.74. The van der Waals surface area contributed by atoms with Crippen molar-refractivity contribution in [2.45, 2.75) is 19.8 Å². The minimum atomic E-state index is -0.721. The van der Waals surface area contributed by atoms with E-state index < -0.39 is 11.6 Å². The largest absolute Gasteiger partial charge is 0.387 e. The van der Waals surface area contributed by atoms with E-state index in [-0.39, 0.29) is 11.5 Å². The molecule has 0 spiro atoms. The Morgan fingerprint density at radius 2 is 1.93 bits per heavy atom. The van der Waals surface area contributed by atoms with E-state index >= 15 is 0 Å². The van der Waals surface area contributed by atoms with Gasteiger partial charge < -0.3 is 5.73 Å². The van der Waals surface area contributed by atoms with Gasteiger partial charge in [-0.3, -0.25) is 0 Å². The molecule has 2 nitrogen and oxygen atoms in total. The molecular formula is C10H11BrF2N2. The van der Waals surface area contributed by atoms with Crippen LogP contribution in [0.2, 0.25) is 0 Å². The van der Waals surface area contributed by atoms with Gasteiger partial charge >= 0.3 is 0 Å². The molecule has 0 atom stereocenters. The summed E-state index contributed by atoms with van der Waals surface area (Å²) in [4.78, 5) is 3.71. The van der Waals surface area contributed by atoms with E-state index in [4.69, 9.17) is 5.73 Å². The standard InChI is InChI=1S/C10H11BrF2N2/c1-2-3-9(14)15-10-7(12)4-6(11)5-8(10)13/h4-5H,2-3H2,1H3,(H2,14,15). The topological polar surface area (TPSA) is 38.4 Å². The normalized spacial score (nSPS) is 11.9. The molecule has 0 aliphatic carbocycles. The number of hydrogen-bond acceptors (Lipinski definition) is 1. The second kappa shape index (κ2) is 5.21. The Morgan fingerprint density at radius 1 is 1.40 bits per heavy atom. The van der Waals surface area contributed by atoms with Gasteiger partial charge in [-0.1, -0.05) is 22.9 Å². The number of benzene rings is 1. The van der Waals surface area contributed by atoms with E-state index in [2.05, 4.69) is 20.9 Å². The van der Waals surface area contributed by atoms with Crippen LogP contribution in [-0.2, 0) is 0 Å². The highest BCUT2D eigenvalue weighted by molar-refractivity contribution is 9.10. The zero-order valence-corrected chi connectivity index (χ0v) is 9.81. The Hall–Kier alpha value is -0.970. The molecule has 0 unspecified atom stereocenters. The summed E-state index contributed by atoms with van der Waals surface area (Å²) in [7, 11) is 0. The predicted octanol–water partition coefficient (Wildman–Crippen LogP) is 3.52. The van der Waals surface area contributed by atoms with Crippen LogP contribution in [0.25, 0.3) is 0 Å². The van der Waals surface area contributed by atoms with Crippen LogP contribution in [0.4, 0.5) is 14.5 Å². The van der Waals surface area contributed by atoms with E-state index in [1.807, 2.05) is 6.92 Å². The molecular weight excluding hydrogens is 266 g/mol.